The smallest absolute Gasteiger partial charge is 0.251 e. The van der Waals surface area contributed by atoms with Gasteiger partial charge in [-0.3, -0.25) is 4.79 Å². The van der Waals surface area contributed by atoms with Crippen LogP contribution in [0.1, 0.15) is 69.4 Å². The van der Waals surface area contributed by atoms with Gasteiger partial charge in [-0.1, -0.05) is 45.1 Å². The van der Waals surface area contributed by atoms with Crippen LogP contribution in [0, 0.1) is 11.8 Å². The minimum Gasteiger partial charge on any atom is -0.322 e. The first-order valence-electron chi connectivity index (χ1n) is 11.3. The molecule has 0 amide bonds. The summed E-state index contributed by atoms with van der Waals surface area (Å²) in [5.74, 6) is 1.70. The molecule has 3 heteroatoms. The number of aromatic amines is 1. The summed E-state index contributed by atoms with van der Waals surface area (Å²) in [6, 6.07) is 8.72. The predicted molar refractivity (Wildman–Crippen MR) is 120 cm³/mol. The molecule has 1 aromatic carbocycles. The van der Waals surface area contributed by atoms with E-state index in [1.165, 1.54) is 75.3 Å². The molecule has 1 aliphatic rings. The Morgan fingerprint density at radius 3 is 2.64 bits per heavy atom. The maximum atomic E-state index is 12.1. The Kier molecular flexibility index (Phi) is 7.73. The van der Waals surface area contributed by atoms with Crippen molar-refractivity contribution in [1.29, 1.82) is 0 Å². The van der Waals surface area contributed by atoms with Gasteiger partial charge < -0.3 is 9.88 Å². The first-order valence-corrected chi connectivity index (χ1v) is 11.3. The number of aryl methyl sites for hydroxylation is 1. The summed E-state index contributed by atoms with van der Waals surface area (Å²) in [4.78, 5) is 17.4. The van der Waals surface area contributed by atoms with Crippen molar-refractivity contribution in [3.63, 3.8) is 0 Å². The van der Waals surface area contributed by atoms with Gasteiger partial charge in [0.15, 0.2) is 0 Å². The molecule has 0 aliphatic heterocycles. The first kappa shape index (κ1) is 21.1. The average molecular weight is 383 g/mol. The maximum Gasteiger partial charge on any atom is 0.251 e. The molecule has 0 spiro atoms. The van der Waals surface area contributed by atoms with E-state index in [0.717, 1.165) is 29.3 Å². The standard InChI is InChI=1S/C25H38N2O/c1-4-22-18-23-17-21(12-13-24(23)26-25(22)28)16-20(11-8-14-27(2)3)15-19-9-6-5-7-10-19/h12-13,17-20H,4-11,14-16H2,1-3H3,(H,26,28). The highest BCUT2D eigenvalue weighted by molar-refractivity contribution is 5.79. The minimum absolute atomic E-state index is 0.0570. The van der Waals surface area contributed by atoms with Gasteiger partial charge in [-0.2, -0.15) is 0 Å². The molecule has 1 atom stereocenters. The molecule has 1 aliphatic carbocycles. The molecule has 0 saturated heterocycles. The minimum atomic E-state index is 0.0570. The van der Waals surface area contributed by atoms with Gasteiger partial charge >= 0.3 is 0 Å². The van der Waals surface area contributed by atoms with Crippen LogP contribution in [0.15, 0.2) is 29.1 Å². The van der Waals surface area contributed by atoms with Crippen molar-refractivity contribution < 1.29 is 0 Å². The Morgan fingerprint density at radius 1 is 1.14 bits per heavy atom. The highest BCUT2D eigenvalue weighted by Gasteiger charge is 2.19. The summed E-state index contributed by atoms with van der Waals surface area (Å²) >= 11 is 0. The lowest BCUT2D eigenvalue weighted by molar-refractivity contribution is 0.267. The highest BCUT2D eigenvalue weighted by Crippen LogP contribution is 2.32. The molecule has 1 fully saturated rings. The SMILES string of the molecule is CCc1cc2cc(CC(CCCN(C)C)CC3CCCCC3)ccc2[nH]c1=O. The number of nitrogens with one attached hydrogen (secondary N) is 1. The van der Waals surface area contributed by atoms with Crippen LogP contribution in [0.4, 0.5) is 0 Å². The molecular formula is C25H38N2O. The van der Waals surface area contributed by atoms with E-state index in [2.05, 4.69) is 48.2 Å². The number of pyridine rings is 1. The summed E-state index contributed by atoms with van der Waals surface area (Å²) in [5, 5.41) is 1.18. The van der Waals surface area contributed by atoms with Crippen LogP contribution >= 0.6 is 0 Å². The van der Waals surface area contributed by atoms with Gasteiger partial charge in [-0.15, -0.1) is 0 Å². The number of nitrogens with zero attached hydrogens (tertiary/aromatic N) is 1. The molecule has 1 aromatic heterocycles. The molecule has 0 radical (unpaired) electrons. The zero-order valence-corrected chi connectivity index (χ0v) is 18.1. The average Bonchev–Trinajstić information content (AvgIpc) is 2.68. The second-order valence-corrected chi connectivity index (χ2v) is 9.15. The van der Waals surface area contributed by atoms with Gasteiger partial charge in [0.1, 0.15) is 0 Å². The number of hydrogen-bond donors (Lipinski definition) is 1. The number of H-pyrrole nitrogens is 1. The number of benzene rings is 1. The third-order valence-corrected chi connectivity index (χ3v) is 6.50. The summed E-state index contributed by atoms with van der Waals surface area (Å²) in [5.41, 5.74) is 3.32. The van der Waals surface area contributed by atoms with Crippen molar-refractivity contribution in [2.75, 3.05) is 20.6 Å². The van der Waals surface area contributed by atoms with Crippen LogP contribution in [0.3, 0.4) is 0 Å². The van der Waals surface area contributed by atoms with E-state index in [0.29, 0.717) is 0 Å². The van der Waals surface area contributed by atoms with E-state index in [-0.39, 0.29) is 5.56 Å². The number of rotatable bonds is 9. The zero-order valence-electron chi connectivity index (χ0n) is 18.1. The van der Waals surface area contributed by atoms with Crippen LogP contribution in [0.2, 0.25) is 0 Å². The number of fused-ring (bicyclic) bond motifs is 1. The third kappa shape index (κ3) is 5.94. The van der Waals surface area contributed by atoms with Gasteiger partial charge in [0.05, 0.1) is 0 Å². The van der Waals surface area contributed by atoms with Crippen LogP contribution in [-0.2, 0) is 12.8 Å². The van der Waals surface area contributed by atoms with Crippen molar-refractivity contribution in [3.8, 4) is 0 Å². The Balaban J connectivity index is 1.73. The van der Waals surface area contributed by atoms with Crippen molar-refractivity contribution in [1.82, 2.24) is 9.88 Å². The van der Waals surface area contributed by atoms with Crippen molar-refractivity contribution in [2.24, 2.45) is 11.8 Å². The maximum absolute atomic E-state index is 12.1. The van der Waals surface area contributed by atoms with E-state index in [4.69, 9.17) is 0 Å². The zero-order chi connectivity index (χ0) is 19.9. The van der Waals surface area contributed by atoms with Crippen molar-refractivity contribution in [2.45, 2.75) is 71.1 Å². The molecule has 154 valence electrons. The molecule has 2 aromatic rings. The quantitative estimate of drug-likeness (QED) is 0.616. The lowest BCUT2D eigenvalue weighted by Gasteiger charge is -2.27. The molecule has 28 heavy (non-hydrogen) atoms. The van der Waals surface area contributed by atoms with Crippen LogP contribution in [0.25, 0.3) is 10.9 Å². The molecule has 1 heterocycles. The van der Waals surface area contributed by atoms with E-state index in [1.807, 2.05) is 6.92 Å². The molecule has 0 bridgehead atoms. The fourth-order valence-electron chi connectivity index (χ4n) is 4.92. The Hall–Kier alpha value is -1.61. The van der Waals surface area contributed by atoms with E-state index in [1.54, 1.807) is 0 Å². The molecular weight excluding hydrogens is 344 g/mol. The summed E-state index contributed by atoms with van der Waals surface area (Å²) in [6.07, 6.45) is 13.1. The summed E-state index contributed by atoms with van der Waals surface area (Å²) < 4.78 is 0. The van der Waals surface area contributed by atoms with Gasteiger partial charge in [0.2, 0.25) is 0 Å². The van der Waals surface area contributed by atoms with Crippen LogP contribution in [-0.4, -0.2) is 30.5 Å². The highest BCUT2D eigenvalue weighted by atomic mass is 16.1. The van der Waals surface area contributed by atoms with Crippen LogP contribution < -0.4 is 5.56 Å². The first-order chi connectivity index (χ1) is 13.5. The third-order valence-electron chi connectivity index (χ3n) is 6.50. The van der Waals surface area contributed by atoms with E-state index in [9.17, 15) is 4.79 Å². The molecule has 3 nitrogen and oxygen atoms in total. The van der Waals surface area contributed by atoms with Crippen LogP contribution in [0.5, 0.6) is 0 Å². The Bertz CT molecular complexity index is 802. The number of aromatic nitrogens is 1. The topological polar surface area (TPSA) is 36.1 Å². The molecule has 1 saturated carbocycles. The Labute approximate surface area is 170 Å². The summed E-state index contributed by atoms with van der Waals surface area (Å²) in [6.45, 7) is 3.23. The molecule has 1 unspecified atom stereocenters. The van der Waals surface area contributed by atoms with E-state index >= 15 is 0 Å². The monoisotopic (exact) mass is 382 g/mol. The lowest BCUT2D eigenvalue weighted by Crippen LogP contribution is -2.18. The predicted octanol–water partition coefficient (Wildman–Crippen LogP) is 5.56. The lowest BCUT2D eigenvalue weighted by atomic mass is 9.79. The summed E-state index contributed by atoms with van der Waals surface area (Å²) in [7, 11) is 4.34. The number of hydrogen-bond acceptors (Lipinski definition) is 2. The largest absolute Gasteiger partial charge is 0.322 e. The van der Waals surface area contributed by atoms with E-state index < -0.39 is 0 Å². The van der Waals surface area contributed by atoms with Crippen molar-refractivity contribution >= 4 is 10.9 Å². The van der Waals surface area contributed by atoms with Gasteiger partial charge in [-0.05, 0) is 93.7 Å². The second kappa shape index (κ2) is 10.2. The van der Waals surface area contributed by atoms with Crippen molar-refractivity contribution in [3.05, 3.63) is 45.7 Å². The molecule has 3 rings (SSSR count). The van der Waals surface area contributed by atoms with Gasteiger partial charge in [0, 0.05) is 11.1 Å². The van der Waals surface area contributed by atoms with Gasteiger partial charge in [-0.25, -0.2) is 0 Å². The second-order valence-electron chi connectivity index (χ2n) is 9.15. The van der Waals surface area contributed by atoms with Gasteiger partial charge in [0.25, 0.3) is 5.56 Å². The normalized spacial score (nSPS) is 16.7. The fraction of sp³-hybridized carbons (Fsp3) is 0.640. The molecule has 1 N–H and O–H groups in total. The Morgan fingerprint density at radius 2 is 1.93 bits per heavy atom. The fourth-order valence-corrected chi connectivity index (χ4v) is 4.92.